The van der Waals surface area contributed by atoms with Crippen LogP contribution in [0.5, 0.6) is 0 Å². The van der Waals surface area contributed by atoms with Crippen molar-refractivity contribution in [2.75, 3.05) is 6.54 Å². The van der Waals surface area contributed by atoms with Gasteiger partial charge in [-0.15, -0.1) is 0 Å². The van der Waals surface area contributed by atoms with Gasteiger partial charge in [-0.05, 0) is 32.1 Å². The standard InChI is InChI=1S/C11H19N3O/c12-11(15)8-3-5-9(6-4-8)14-10-2-1-7-13-10/h8-9H,1-7H2,(H2,12,15)(H,13,14). The van der Waals surface area contributed by atoms with Crippen LogP contribution in [0, 0.1) is 5.92 Å². The van der Waals surface area contributed by atoms with E-state index in [0.29, 0.717) is 6.04 Å². The summed E-state index contributed by atoms with van der Waals surface area (Å²) in [4.78, 5) is 15.4. The van der Waals surface area contributed by atoms with E-state index in [-0.39, 0.29) is 11.8 Å². The molecule has 15 heavy (non-hydrogen) atoms. The van der Waals surface area contributed by atoms with E-state index in [2.05, 4.69) is 10.3 Å². The lowest BCUT2D eigenvalue weighted by Crippen LogP contribution is -2.39. The molecule has 0 bridgehead atoms. The summed E-state index contributed by atoms with van der Waals surface area (Å²) >= 11 is 0. The Labute approximate surface area is 90.3 Å². The van der Waals surface area contributed by atoms with E-state index >= 15 is 0 Å². The first-order chi connectivity index (χ1) is 7.25. The van der Waals surface area contributed by atoms with E-state index < -0.39 is 0 Å². The molecule has 4 nitrogen and oxygen atoms in total. The van der Waals surface area contributed by atoms with Crippen molar-refractivity contribution < 1.29 is 4.79 Å². The highest BCUT2D eigenvalue weighted by atomic mass is 16.1. The molecule has 0 aromatic heterocycles. The van der Waals surface area contributed by atoms with Crippen LogP contribution in [0.1, 0.15) is 38.5 Å². The van der Waals surface area contributed by atoms with Crippen LogP contribution >= 0.6 is 0 Å². The molecule has 1 fully saturated rings. The largest absolute Gasteiger partial charge is 0.371 e. The molecule has 0 unspecified atom stereocenters. The highest BCUT2D eigenvalue weighted by Gasteiger charge is 2.25. The molecule has 0 aromatic carbocycles. The SMILES string of the molecule is NC(=O)C1CCC(NC2=NCCC2)CC1. The molecule has 0 aromatic rings. The van der Waals surface area contributed by atoms with Crippen molar-refractivity contribution in [2.24, 2.45) is 16.6 Å². The summed E-state index contributed by atoms with van der Waals surface area (Å²) in [6.45, 7) is 0.971. The monoisotopic (exact) mass is 209 g/mol. The first kappa shape index (κ1) is 10.5. The summed E-state index contributed by atoms with van der Waals surface area (Å²) in [5.41, 5.74) is 5.29. The highest BCUT2D eigenvalue weighted by molar-refractivity contribution is 5.83. The van der Waals surface area contributed by atoms with Gasteiger partial charge in [0.25, 0.3) is 0 Å². The van der Waals surface area contributed by atoms with E-state index in [4.69, 9.17) is 5.73 Å². The van der Waals surface area contributed by atoms with Crippen molar-refractivity contribution in [1.82, 2.24) is 5.32 Å². The van der Waals surface area contributed by atoms with Crippen LogP contribution in [0.4, 0.5) is 0 Å². The third-order valence-electron chi connectivity index (χ3n) is 3.37. The van der Waals surface area contributed by atoms with Crippen LogP contribution in [0.3, 0.4) is 0 Å². The molecule has 4 heteroatoms. The number of hydrogen-bond acceptors (Lipinski definition) is 3. The molecule has 0 radical (unpaired) electrons. The molecular weight excluding hydrogens is 190 g/mol. The van der Waals surface area contributed by atoms with Gasteiger partial charge in [-0.1, -0.05) is 0 Å². The number of amidine groups is 1. The number of amides is 1. The van der Waals surface area contributed by atoms with E-state index in [9.17, 15) is 4.79 Å². The molecular formula is C11H19N3O. The summed E-state index contributed by atoms with van der Waals surface area (Å²) in [5.74, 6) is 1.14. The van der Waals surface area contributed by atoms with Gasteiger partial charge in [0, 0.05) is 24.9 Å². The number of hydrogen-bond donors (Lipinski definition) is 2. The third kappa shape index (κ3) is 2.70. The number of carbonyl (C=O) groups is 1. The van der Waals surface area contributed by atoms with Crippen molar-refractivity contribution >= 4 is 11.7 Å². The predicted molar refractivity (Wildman–Crippen MR) is 59.6 cm³/mol. The van der Waals surface area contributed by atoms with Gasteiger partial charge in [-0.2, -0.15) is 0 Å². The third-order valence-corrected chi connectivity index (χ3v) is 3.37. The molecule has 3 N–H and O–H groups in total. The van der Waals surface area contributed by atoms with Gasteiger partial charge in [0.1, 0.15) is 0 Å². The van der Waals surface area contributed by atoms with Crippen molar-refractivity contribution in [3.05, 3.63) is 0 Å². The second kappa shape index (κ2) is 4.64. The normalized spacial score (nSPS) is 31.1. The van der Waals surface area contributed by atoms with E-state index in [1.807, 2.05) is 0 Å². The van der Waals surface area contributed by atoms with Crippen LogP contribution in [0.2, 0.25) is 0 Å². The highest BCUT2D eigenvalue weighted by Crippen LogP contribution is 2.24. The second-order valence-corrected chi connectivity index (χ2v) is 4.53. The molecule has 2 rings (SSSR count). The molecule has 1 aliphatic heterocycles. The number of nitrogens with zero attached hydrogens (tertiary/aromatic N) is 1. The smallest absolute Gasteiger partial charge is 0.220 e. The Balaban J connectivity index is 1.75. The van der Waals surface area contributed by atoms with Crippen molar-refractivity contribution in [3.63, 3.8) is 0 Å². The Morgan fingerprint density at radius 3 is 2.60 bits per heavy atom. The van der Waals surface area contributed by atoms with Crippen LogP contribution in [0.25, 0.3) is 0 Å². The Hall–Kier alpha value is -1.06. The van der Waals surface area contributed by atoms with E-state index in [1.165, 1.54) is 6.42 Å². The Morgan fingerprint density at radius 2 is 2.07 bits per heavy atom. The van der Waals surface area contributed by atoms with Gasteiger partial charge < -0.3 is 11.1 Å². The number of primary amides is 1. The van der Waals surface area contributed by atoms with Gasteiger partial charge in [0.15, 0.2) is 0 Å². The minimum atomic E-state index is -0.133. The lowest BCUT2D eigenvalue weighted by Gasteiger charge is -2.27. The maximum atomic E-state index is 11.0. The van der Waals surface area contributed by atoms with Crippen LogP contribution in [0.15, 0.2) is 4.99 Å². The lowest BCUT2D eigenvalue weighted by molar-refractivity contribution is -0.122. The molecule has 1 aliphatic carbocycles. The summed E-state index contributed by atoms with van der Waals surface area (Å²) in [6.07, 6.45) is 6.23. The van der Waals surface area contributed by atoms with E-state index in [0.717, 1.165) is 44.5 Å². The van der Waals surface area contributed by atoms with Crippen molar-refractivity contribution in [1.29, 1.82) is 0 Å². The van der Waals surface area contributed by atoms with E-state index in [1.54, 1.807) is 0 Å². The minimum Gasteiger partial charge on any atom is -0.371 e. The zero-order chi connectivity index (χ0) is 10.7. The van der Waals surface area contributed by atoms with Gasteiger partial charge in [-0.3, -0.25) is 9.79 Å². The molecule has 1 amide bonds. The Bertz CT molecular complexity index is 267. The van der Waals surface area contributed by atoms with Crippen molar-refractivity contribution in [2.45, 2.75) is 44.6 Å². The molecule has 84 valence electrons. The van der Waals surface area contributed by atoms with Gasteiger partial charge in [0.05, 0.1) is 5.84 Å². The molecule has 1 saturated carbocycles. The maximum Gasteiger partial charge on any atom is 0.220 e. The Morgan fingerprint density at radius 1 is 1.33 bits per heavy atom. The van der Waals surface area contributed by atoms with Crippen LogP contribution in [-0.4, -0.2) is 24.3 Å². The second-order valence-electron chi connectivity index (χ2n) is 4.53. The summed E-state index contributed by atoms with van der Waals surface area (Å²) in [6, 6.07) is 0.512. The fraction of sp³-hybridized carbons (Fsp3) is 0.818. The molecule has 2 aliphatic rings. The number of rotatable bonds is 2. The Kier molecular flexibility index (Phi) is 3.23. The molecule has 0 atom stereocenters. The fourth-order valence-electron chi connectivity index (χ4n) is 2.42. The topological polar surface area (TPSA) is 67.5 Å². The number of aliphatic imine (C=N–C) groups is 1. The summed E-state index contributed by atoms with van der Waals surface area (Å²) in [5, 5.41) is 3.48. The van der Waals surface area contributed by atoms with Crippen molar-refractivity contribution in [3.8, 4) is 0 Å². The summed E-state index contributed by atoms with van der Waals surface area (Å²) in [7, 11) is 0. The van der Waals surface area contributed by atoms with Gasteiger partial charge >= 0.3 is 0 Å². The minimum absolute atomic E-state index is 0.105. The number of nitrogens with one attached hydrogen (secondary N) is 1. The fourth-order valence-corrected chi connectivity index (χ4v) is 2.42. The number of carbonyl (C=O) groups excluding carboxylic acids is 1. The predicted octanol–water partition coefficient (Wildman–Crippen LogP) is 0.812. The van der Waals surface area contributed by atoms with Gasteiger partial charge in [-0.25, -0.2) is 0 Å². The lowest BCUT2D eigenvalue weighted by atomic mass is 9.85. The zero-order valence-corrected chi connectivity index (χ0v) is 9.04. The molecule has 0 spiro atoms. The van der Waals surface area contributed by atoms with Crippen LogP contribution in [-0.2, 0) is 4.79 Å². The zero-order valence-electron chi connectivity index (χ0n) is 9.04. The number of nitrogens with two attached hydrogens (primary N) is 1. The average molecular weight is 209 g/mol. The first-order valence-electron chi connectivity index (χ1n) is 5.85. The van der Waals surface area contributed by atoms with Gasteiger partial charge in [0.2, 0.25) is 5.91 Å². The summed E-state index contributed by atoms with van der Waals surface area (Å²) < 4.78 is 0. The maximum absolute atomic E-state index is 11.0. The molecule has 1 heterocycles. The first-order valence-corrected chi connectivity index (χ1v) is 5.85. The average Bonchev–Trinajstić information content (AvgIpc) is 2.71. The van der Waals surface area contributed by atoms with Crippen LogP contribution < -0.4 is 11.1 Å². The quantitative estimate of drug-likeness (QED) is 0.706. The molecule has 0 saturated heterocycles.